The second kappa shape index (κ2) is 6.26. The number of halogens is 1. The molecule has 0 bridgehead atoms. The Balaban J connectivity index is 2.88. The topological polar surface area (TPSA) is 37.4 Å². The van der Waals surface area contributed by atoms with Crippen molar-refractivity contribution in [1.82, 2.24) is 0 Å². The molecule has 0 aliphatic carbocycles. The van der Waals surface area contributed by atoms with E-state index < -0.39 is 9.84 Å². The molecule has 1 aromatic rings. The quantitative estimate of drug-likeness (QED) is 0.749. The van der Waals surface area contributed by atoms with Crippen LogP contribution < -0.4 is 4.90 Å². The van der Waals surface area contributed by atoms with E-state index in [0.29, 0.717) is 17.2 Å². The Hall–Kier alpha value is -0.740. The molecular weight excluding hydrogens is 258 g/mol. The first-order chi connectivity index (χ1) is 8.01. The molecule has 0 spiro atoms. The summed E-state index contributed by atoms with van der Waals surface area (Å²) in [6.45, 7) is 2.60. The molecule has 3 nitrogen and oxygen atoms in total. The van der Waals surface area contributed by atoms with Gasteiger partial charge in [-0.3, -0.25) is 0 Å². The van der Waals surface area contributed by atoms with Gasteiger partial charge in [0.2, 0.25) is 0 Å². The SMILES string of the molecule is CCCS(=O)(=O)c1ccc(N(C)CCCl)cc1. The van der Waals surface area contributed by atoms with Gasteiger partial charge in [-0.25, -0.2) is 8.42 Å². The lowest BCUT2D eigenvalue weighted by atomic mass is 10.3. The number of rotatable bonds is 6. The molecule has 1 rings (SSSR count). The van der Waals surface area contributed by atoms with Crippen LogP contribution in [0, 0.1) is 0 Å². The van der Waals surface area contributed by atoms with E-state index in [0.717, 1.165) is 12.2 Å². The van der Waals surface area contributed by atoms with Gasteiger partial charge in [0.25, 0.3) is 0 Å². The highest BCUT2D eigenvalue weighted by Crippen LogP contribution is 2.18. The average Bonchev–Trinajstić information content (AvgIpc) is 2.29. The Morgan fingerprint density at radius 1 is 1.24 bits per heavy atom. The van der Waals surface area contributed by atoms with Gasteiger partial charge in [0, 0.05) is 25.2 Å². The van der Waals surface area contributed by atoms with Crippen LogP contribution in [0.2, 0.25) is 0 Å². The second-order valence-corrected chi connectivity index (χ2v) is 6.41. The third-order valence-corrected chi connectivity index (χ3v) is 4.63. The van der Waals surface area contributed by atoms with Gasteiger partial charge in [-0.05, 0) is 30.7 Å². The number of nitrogens with zero attached hydrogens (tertiary/aromatic N) is 1. The fraction of sp³-hybridized carbons (Fsp3) is 0.500. The number of benzene rings is 1. The van der Waals surface area contributed by atoms with Crippen LogP contribution in [0.4, 0.5) is 5.69 Å². The molecule has 0 heterocycles. The highest BCUT2D eigenvalue weighted by atomic mass is 35.5. The van der Waals surface area contributed by atoms with Crippen LogP contribution in [-0.2, 0) is 9.84 Å². The molecule has 0 aliphatic heterocycles. The zero-order valence-electron chi connectivity index (χ0n) is 10.2. The number of sulfone groups is 1. The van der Waals surface area contributed by atoms with Gasteiger partial charge < -0.3 is 4.90 Å². The van der Waals surface area contributed by atoms with Crippen molar-refractivity contribution in [1.29, 1.82) is 0 Å². The summed E-state index contributed by atoms with van der Waals surface area (Å²) >= 11 is 5.65. The second-order valence-electron chi connectivity index (χ2n) is 3.92. The number of anilines is 1. The van der Waals surface area contributed by atoms with Gasteiger partial charge in [0.05, 0.1) is 10.6 Å². The first-order valence-corrected chi connectivity index (χ1v) is 7.80. The summed E-state index contributed by atoms with van der Waals surface area (Å²) in [4.78, 5) is 2.38. The molecule has 0 atom stereocenters. The Morgan fingerprint density at radius 3 is 2.29 bits per heavy atom. The van der Waals surface area contributed by atoms with E-state index in [9.17, 15) is 8.42 Å². The predicted octanol–water partition coefficient (Wildman–Crippen LogP) is 2.55. The summed E-state index contributed by atoms with van der Waals surface area (Å²) in [7, 11) is -1.18. The Kier molecular flexibility index (Phi) is 5.28. The summed E-state index contributed by atoms with van der Waals surface area (Å²) in [5.41, 5.74) is 0.973. The summed E-state index contributed by atoms with van der Waals surface area (Å²) in [5.74, 6) is 0.746. The Labute approximate surface area is 108 Å². The van der Waals surface area contributed by atoms with Crippen LogP contribution in [-0.4, -0.2) is 33.6 Å². The summed E-state index contributed by atoms with van der Waals surface area (Å²) in [6, 6.07) is 6.94. The fourth-order valence-corrected chi connectivity index (χ4v) is 3.13. The monoisotopic (exact) mass is 275 g/mol. The van der Waals surface area contributed by atoms with Crippen molar-refractivity contribution in [3.05, 3.63) is 24.3 Å². The zero-order valence-corrected chi connectivity index (χ0v) is 11.8. The third-order valence-electron chi connectivity index (χ3n) is 2.53. The van der Waals surface area contributed by atoms with Crippen molar-refractivity contribution >= 4 is 27.1 Å². The Bertz CT molecular complexity index is 442. The van der Waals surface area contributed by atoms with E-state index in [1.165, 1.54) is 0 Å². The van der Waals surface area contributed by atoms with Crippen LogP contribution in [0.15, 0.2) is 29.2 Å². The molecule has 1 aromatic carbocycles. The van der Waals surface area contributed by atoms with Gasteiger partial charge in [0.1, 0.15) is 0 Å². The maximum Gasteiger partial charge on any atom is 0.178 e. The third kappa shape index (κ3) is 3.89. The maximum atomic E-state index is 11.8. The molecule has 96 valence electrons. The zero-order chi connectivity index (χ0) is 12.9. The van der Waals surface area contributed by atoms with Gasteiger partial charge in [-0.1, -0.05) is 6.92 Å². The number of hydrogen-bond donors (Lipinski definition) is 0. The molecule has 0 amide bonds. The summed E-state index contributed by atoms with van der Waals surface area (Å²) in [5, 5.41) is 0. The molecule has 0 unspecified atom stereocenters. The summed E-state index contributed by atoms with van der Waals surface area (Å²) < 4.78 is 23.6. The Morgan fingerprint density at radius 2 is 1.82 bits per heavy atom. The highest BCUT2D eigenvalue weighted by molar-refractivity contribution is 7.91. The van der Waals surface area contributed by atoms with Gasteiger partial charge in [0.15, 0.2) is 9.84 Å². The molecular formula is C12H18ClNO2S. The largest absolute Gasteiger partial charge is 0.373 e. The van der Waals surface area contributed by atoms with E-state index in [1.54, 1.807) is 12.1 Å². The first kappa shape index (κ1) is 14.3. The minimum Gasteiger partial charge on any atom is -0.373 e. The molecule has 0 aromatic heterocycles. The van der Waals surface area contributed by atoms with Gasteiger partial charge >= 0.3 is 0 Å². The smallest absolute Gasteiger partial charge is 0.178 e. The van der Waals surface area contributed by atoms with Crippen LogP contribution in [0.5, 0.6) is 0 Å². The molecule has 0 aliphatic rings. The van der Waals surface area contributed by atoms with Crippen molar-refractivity contribution in [2.75, 3.05) is 30.1 Å². The van der Waals surface area contributed by atoms with Crippen LogP contribution >= 0.6 is 11.6 Å². The van der Waals surface area contributed by atoms with E-state index >= 15 is 0 Å². The minimum atomic E-state index is -3.11. The van der Waals surface area contributed by atoms with Gasteiger partial charge in [-0.2, -0.15) is 0 Å². The van der Waals surface area contributed by atoms with Crippen LogP contribution in [0.1, 0.15) is 13.3 Å². The van der Waals surface area contributed by atoms with Crippen molar-refractivity contribution in [3.8, 4) is 0 Å². The minimum absolute atomic E-state index is 0.198. The molecule has 0 saturated carbocycles. The van der Waals surface area contributed by atoms with Crippen molar-refractivity contribution in [2.24, 2.45) is 0 Å². The fourth-order valence-electron chi connectivity index (χ4n) is 1.55. The lowest BCUT2D eigenvalue weighted by Gasteiger charge is -2.17. The van der Waals surface area contributed by atoms with Crippen molar-refractivity contribution in [2.45, 2.75) is 18.2 Å². The molecule has 17 heavy (non-hydrogen) atoms. The summed E-state index contributed by atoms with van der Waals surface area (Å²) in [6.07, 6.45) is 0.635. The molecule has 0 N–H and O–H groups in total. The lowest BCUT2D eigenvalue weighted by molar-refractivity contribution is 0.594. The first-order valence-electron chi connectivity index (χ1n) is 5.61. The molecule has 0 fully saturated rings. The molecule has 5 heteroatoms. The van der Waals surface area contributed by atoms with Gasteiger partial charge in [-0.15, -0.1) is 11.6 Å². The van der Waals surface area contributed by atoms with E-state index in [4.69, 9.17) is 11.6 Å². The number of hydrogen-bond acceptors (Lipinski definition) is 3. The maximum absolute atomic E-state index is 11.8. The predicted molar refractivity (Wildman–Crippen MR) is 72.8 cm³/mol. The highest BCUT2D eigenvalue weighted by Gasteiger charge is 2.12. The van der Waals surface area contributed by atoms with Crippen LogP contribution in [0.25, 0.3) is 0 Å². The van der Waals surface area contributed by atoms with E-state index in [-0.39, 0.29) is 5.75 Å². The number of alkyl halides is 1. The van der Waals surface area contributed by atoms with E-state index in [1.807, 2.05) is 31.0 Å². The van der Waals surface area contributed by atoms with Crippen molar-refractivity contribution < 1.29 is 8.42 Å². The van der Waals surface area contributed by atoms with E-state index in [2.05, 4.69) is 0 Å². The van der Waals surface area contributed by atoms with Crippen LogP contribution in [0.3, 0.4) is 0 Å². The standard InChI is InChI=1S/C12H18ClNO2S/c1-3-10-17(15,16)12-6-4-11(5-7-12)14(2)9-8-13/h4-7H,3,8-10H2,1-2H3. The average molecular weight is 276 g/mol. The normalized spacial score (nSPS) is 11.5. The molecule has 0 saturated heterocycles. The molecule has 0 radical (unpaired) electrons. The van der Waals surface area contributed by atoms with Crippen molar-refractivity contribution in [3.63, 3.8) is 0 Å². The lowest BCUT2D eigenvalue weighted by Crippen LogP contribution is -2.19.